The summed E-state index contributed by atoms with van der Waals surface area (Å²) in [5.74, 6) is 1.34. The van der Waals surface area contributed by atoms with Crippen LogP contribution in [0.4, 0.5) is 5.82 Å². The number of aryl methyl sites for hydroxylation is 2. The molecule has 0 amide bonds. The van der Waals surface area contributed by atoms with Gasteiger partial charge in [-0.25, -0.2) is 0 Å². The van der Waals surface area contributed by atoms with Crippen LogP contribution >= 0.6 is 0 Å². The standard InChI is InChI=1S/C15H28N4/c1-5-9-16-11-14-12(3)17-18(4)15(14)19(10-6-2)13-7-8-13/h13,16H,5-11H2,1-4H3. The predicted molar refractivity (Wildman–Crippen MR) is 80.6 cm³/mol. The average molecular weight is 264 g/mol. The van der Waals surface area contributed by atoms with Gasteiger partial charge in [0.05, 0.1) is 5.69 Å². The molecule has 4 nitrogen and oxygen atoms in total. The minimum absolute atomic E-state index is 0.750. The number of rotatable bonds is 8. The molecule has 0 aromatic carbocycles. The molecular formula is C15H28N4. The van der Waals surface area contributed by atoms with Crippen LogP contribution in [0.5, 0.6) is 0 Å². The van der Waals surface area contributed by atoms with E-state index in [1.54, 1.807) is 0 Å². The van der Waals surface area contributed by atoms with Crippen molar-refractivity contribution in [1.29, 1.82) is 0 Å². The molecule has 0 radical (unpaired) electrons. The van der Waals surface area contributed by atoms with E-state index in [0.29, 0.717) is 0 Å². The lowest BCUT2D eigenvalue weighted by Gasteiger charge is -2.25. The van der Waals surface area contributed by atoms with Gasteiger partial charge >= 0.3 is 0 Å². The van der Waals surface area contributed by atoms with Crippen molar-refractivity contribution in [3.05, 3.63) is 11.3 Å². The third-order valence-corrected chi connectivity index (χ3v) is 3.77. The van der Waals surface area contributed by atoms with Crippen LogP contribution < -0.4 is 10.2 Å². The average Bonchev–Trinajstić information content (AvgIpc) is 3.16. The Morgan fingerprint density at radius 3 is 2.63 bits per heavy atom. The highest BCUT2D eigenvalue weighted by Crippen LogP contribution is 2.34. The van der Waals surface area contributed by atoms with Crippen LogP contribution in [0, 0.1) is 6.92 Å². The summed E-state index contributed by atoms with van der Waals surface area (Å²) in [6.07, 6.45) is 5.05. The molecule has 0 spiro atoms. The zero-order chi connectivity index (χ0) is 13.8. The van der Waals surface area contributed by atoms with E-state index in [4.69, 9.17) is 0 Å². The Hall–Kier alpha value is -1.03. The maximum absolute atomic E-state index is 4.64. The third-order valence-electron chi connectivity index (χ3n) is 3.77. The topological polar surface area (TPSA) is 33.1 Å². The largest absolute Gasteiger partial charge is 0.354 e. The lowest BCUT2D eigenvalue weighted by atomic mass is 10.2. The first kappa shape index (κ1) is 14.4. The van der Waals surface area contributed by atoms with Gasteiger partial charge in [0.15, 0.2) is 0 Å². The molecule has 1 aromatic rings. The fourth-order valence-corrected chi connectivity index (χ4v) is 2.73. The van der Waals surface area contributed by atoms with Gasteiger partial charge in [0.25, 0.3) is 0 Å². The molecule has 0 unspecified atom stereocenters. The van der Waals surface area contributed by atoms with Crippen LogP contribution in [0.2, 0.25) is 0 Å². The van der Waals surface area contributed by atoms with Crippen LogP contribution in [0.15, 0.2) is 0 Å². The Labute approximate surface area is 117 Å². The molecule has 1 fully saturated rings. The van der Waals surface area contributed by atoms with Crippen molar-refractivity contribution in [1.82, 2.24) is 15.1 Å². The van der Waals surface area contributed by atoms with Gasteiger partial charge in [-0.2, -0.15) is 5.10 Å². The summed E-state index contributed by atoms with van der Waals surface area (Å²) in [5.41, 5.74) is 2.55. The van der Waals surface area contributed by atoms with Crippen LogP contribution in [-0.2, 0) is 13.6 Å². The Kier molecular flexibility index (Phi) is 4.86. The van der Waals surface area contributed by atoms with E-state index < -0.39 is 0 Å². The second kappa shape index (κ2) is 6.42. The van der Waals surface area contributed by atoms with Crippen molar-refractivity contribution < 1.29 is 0 Å². The van der Waals surface area contributed by atoms with Crippen molar-refractivity contribution >= 4 is 5.82 Å². The first-order valence-corrected chi connectivity index (χ1v) is 7.68. The van der Waals surface area contributed by atoms with Crippen LogP contribution in [0.25, 0.3) is 0 Å². The number of aromatic nitrogens is 2. The lowest BCUT2D eigenvalue weighted by molar-refractivity contribution is 0.658. The summed E-state index contributed by atoms with van der Waals surface area (Å²) in [5, 5.41) is 8.16. The fourth-order valence-electron chi connectivity index (χ4n) is 2.73. The number of nitrogens with zero attached hydrogens (tertiary/aromatic N) is 3. The molecule has 1 N–H and O–H groups in total. The van der Waals surface area contributed by atoms with Crippen LogP contribution in [0.3, 0.4) is 0 Å². The van der Waals surface area contributed by atoms with E-state index in [1.165, 1.54) is 42.8 Å². The van der Waals surface area contributed by atoms with Gasteiger partial charge in [-0.3, -0.25) is 4.68 Å². The maximum atomic E-state index is 4.64. The van der Waals surface area contributed by atoms with Crippen molar-refractivity contribution in [3.63, 3.8) is 0 Å². The second-order valence-electron chi connectivity index (χ2n) is 5.61. The Balaban J connectivity index is 2.20. The summed E-state index contributed by atoms with van der Waals surface area (Å²) in [6.45, 7) is 9.75. The zero-order valence-corrected chi connectivity index (χ0v) is 12.9. The van der Waals surface area contributed by atoms with E-state index in [1.807, 2.05) is 0 Å². The van der Waals surface area contributed by atoms with Gasteiger partial charge in [-0.15, -0.1) is 0 Å². The van der Waals surface area contributed by atoms with Gasteiger partial charge in [0.1, 0.15) is 5.82 Å². The first-order valence-electron chi connectivity index (χ1n) is 7.68. The van der Waals surface area contributed by atoms with Crippen molar-refractivity contribution in [2.75, 3.05) is 18.0 Å². The van der Waals surface area contributed by atoms with E-state index in [-0.39, 0.29) is 0 Å². The Morgan fingerprint density at radius 2 is 2.05 bits per heavy atom. The Morgan fingerprint density at radius 1 is 1.32 bits per heavy atom. The molecule has 4 heteroatoms. The molecule has 1 aliphatic carbocycles. The summed E-state index contributed by atoms with van der Waals surface area (Å²) < 4.78 is 2.08. The SMILES string of the molecule is CCCNCc1c(C)nn(C)c1N(CCC)C1CC1. The fraction of sp³-hybridized carbons (Fsp3) is 0.800. The molecule has 108 valence electrons. The molecule has 1 aliphatic rings. The minimum Gasteiger partial charge on any atom is -0.354 e. The minimum atomic E-state index is 0.750. The maximum Gasteiger partial charge on any atom is 0.131 e. The second-order valence-corrected chi connectivity index (χ2v) is 5.61. The van der Waals surface area contributed by atoms with E-state index in [9.17, 15) is 0 Å². The highest BCUT2D eigenvalue weighted by molar-refractivity contribution is 5.52. The molecule has 0 atom stereocenters. The van der Waals surface area contributed by atoms with E-state index in [0.717, 1.165) is 25.7 Å². The number of hydrogen-bond donors (Lipinski definition) is 1. The predicted octanol–water partition coefficient (Wildman–Crippen LogP) is 2.61. The zero-order valence-electron chi connectivity index (χ0n) is 12.9. The molecule has 0 bridgehead atoms. The van der Waals surface area contributed by atoms with Gasteiger partial charge in [0.2, 0.25) is 0 Å². The molecule has 0 aliphatic heterocycles. The normalized spacial score (nSPS) is 14.9. The number of anilines is 1. The summed E-state index contributed by atoms with van der Waals surface area (Å²) >= 11 is 0. The molecule has 2 rings (SSSR count). The quantitative estimate of drug-likeness (QED) is 0.733. The molecule has 19 heavy (non-hydrogen) atoms. The third kappa shape index (κ3) is 3.30. The van der Waals surface area contributed by atoms with Crippen LogP contribution in [-0.4, -0.2) is 28.9 Å². The smallest absolute Gasteiger partial charge is 0.131 e. The molecule has 1 saturated carbocycles. The number of nitrogens with one attached hydrogen (secondary N) is 1. The summed E-state index contributed by atoms with van der Waals surface area (Å²) in [6, 6.07) is 0.750. The van der Waals surface area contributed by atoms with Crippen molar-refractivity contribution in [2.45, 2.75) is 59.0 Å². The van der Waals surface area contributed by atoms with Crippen molar-refractivity contribution in [3.8, 4) is 0 Å². The highest BCUT2D eigenvalue weighted by atomic mass is 15.4. The highest BCUT2D eigenvalue weighted by Gasteiger charge is 2.32. The lowest BCUT2D eigenvalue weighted by Crippen LogP contribution is -2.30. The summed E-state index contributed by atoms with van der Waals surface area (Å²) in [7, 11) is 2.08. The molecular weight excluding hydrogens is 236 g/mol. The van der Waals surface area contributed by atoms with E-state index in [2.05, 4.69) is 47.8 Å². The van der Waals surface area contributed by atoms with Crippen molar-refractivity contribution in [2.24, 2.45) is 7.05 Å². The van der Waals surface area contributed by atoms with Gasteiger partial charge in [-0.05, 0) is 39.2 Å². The number of hydrogen-bond acceptors (Lipinski definition) is 3. The molecule has 1 aromatic heterocycles. The van der Waals surface area contributed by atoms with Gasteiger partial charge in [-0.1, -0.05) is 13.8 Å². The molecule has 0 saturated heterocycles. The monoisotopic (exact) mass is 264 g/mol. The van der Waals surface area contributed by atoms with Gasteiger partial charge in [0, 0.05) is 31.7 Å². The molecule has 1 heterocycles. The Bertz CT molecular complexity index is 407. The van der Waals surface area contributed by atoms with E-state index >= 15 is 0 Å². The van der Waals surface area contributed by atoms with Gasteiger partial charge < -0.3 is 10.2 Å². The van der Waals surface area contributed by atoms with Crippen LogP contribution in [0.1, 0.15) is 50.8 Å². The summed E-state index contributed by atoms with van der Waals surface area (Å²) in [4.78, 5) is 2.57. The first-order chi connectivity index (χ1) is 9.19.